The van der Waals surface area contributed by atoms with Crippen LogP contribution in [-0.2, 0) is 28.0 Å². The van der Waals surface area contributed by atoms with Crippen molar-refractivity contribution in [2.45, 2.75) is 45.6 Å². The number of ether oxygens (including phenoxy) is 2. The van der Waals surface area contributed by atoms with Crippen LogP contribution in [0.25, 0.3) is 0 Å². The summed E-state index contributed by atoms with van der Waals surface area (Å²) in [6, 6.07) is 14.9. The van der Waals surface area contributed by atoms with Crippen molar-refractivity contribution >= 4 is 11.8 Å². The summed E-state index contributed by atoms with van der Waals surface area (Å²) in [6.07, 6.45) is 2.77. The Morgan fingerprint density at radius 3 is 2.61 bits per heavy atom. The van der Waals surface area contributed by atoms with E-state index in [1.54, 1.807) is 31.0 Å². The van der Waals surface area contributed by atoms with Crippen LogP contribution in [0.15, 0.2) is 77.4 Å². The molecule has 0 fully saturated rings. The third-order valence-corrected chi connectivity index (χ3v) is 6.69. The van der Waals surface area contributed by atoms with Gasteiger partial charge < -0.3 is 19.9 Å². The van der Waals surface area contributed by atoms with E-state index in [4.69, 9.17) is 14.6 Å². The lowest BCUT2D eigenvalue weighted by molar-refractivity contribution is -0.140. The average Bonchev–Trinajstić information content (AvgIpc) is 3.31. The number of benzene rings is 2. The molecule has 0 amide bonds. The summed E-state index contributed by atoms with van der Waals surface area (Å²) in [6.45, 7) is 3.81. The number of rotatable bonds is 5. The number of aromatic hydroxyl groups is 1. The number of para-hydroxylation sites is 1. The highest BCUT2D eigenvalue weighted by atomic mass is 16.5. The van der Waals surface area contributed by atoms with Crippen molar-refractivity contribution < 1.29 is 24.2 Å². The average molecular weight is 517 g/mol. The molecule has 0 saturated carbocycles. The molecule has 2 aliphatic rings. The van der Waals surface area contributed by atoms with E-state index < -0.39 is 5.97 Å². The number of ketones is 1. The van der Waals surface area contributed by atoms with Gasteiger partial charge in [-0.3, -0.25) is 9.48 Å². The highest BCUT2D eigenvalue weighted by Gasteiger charge is 2.34. The first kappa shape index (κ1) is 26.7. The number of carbonyl (C=O) groups excluding carboxylic acids is 2. The van der Waals surface area contributed by atoms with Crippen LogP contribution in [0.1, 0.15) is 49.1 Å². The highest BCUT2D eigenvalue weighted by Crippen LogP contribution is 2.41. The van der Waals surface area contributed by atoms with E-state index in [9.17, 15) is 9.59 Å². The molecule has 1 aliphatic carbocycles. The summed E-state index contributed by atoms with van der Waals surface area (Å²) in [5.74, 6) is 1.32. The number of esters is 1. The first-order valence-electron chi connectivity index (χ1n) is 12.4. The number of Topliss-reactive ketones (excluding diaryl/α,β-unsaturated/α-hetero) is 1. The van der Waals surface area contributed by atoms with Gasteiger partial charge in [0.1, 0.15) is 17.8 Å². The van der Waals surface area contributed by atoms with E-state index >= 15 is 0 Å². The largest absolute Gasteiger partial charge is 0.508 e. The number of aromatic nitrogens is 3. The first-order chi connectivity index (χ1) is 18.3. The zero-order valence-corrected chi connectivity index (χ0v) is 22.0. The number of phenolic OH excluding ortho intramolecular Hbond substituents is 1. The third kappa shape index (κ3) is 6.11. The molecule has 5 rings (SSSR count). The highest BCUT2D eigenvalue weighted by molar-refractivity contribution is 6.01. The summed E-state index contributed by atoms with van der Waals surface area (Å²) in [5, 5.41) is 16.1. The number of nitrogens with one attached hydrogen (secondary N) is 1. The lowest BCUT2D eigenvalue weighted by Gasteiger charge is -2.32. The van der Waals surface area contributed by atoms with Crippen molar-refractivity contribution in [1.29, 1.82) is 0 Å². The molecule has 1 atom stereocenters. The zero-order chi connectivity index (χ0) is 27.2. The molecule has 1 aromatic heterocycles. The Morgan fingerprint density at radius 2 is 1.95 bits per heavy atom. The van der Waals surface area contributed by atoms with E-state index in [1.165, 1.54) is 6.33 Å². The zero-order valence-electron chi connectivity index (χ0n) is 22.0. The number of aryl methyl sites for hydroxylation is 2. The number of carbonyl (C=O) groups is 2. The second-order valence-corrected chi connectivity index (χ2v) is 9.35. The summed E-state index contributed by atoms with van der Waals surface area (Å²) < 4.78 is 12.4. The van der Waals surface area contributed by atoms with Crippen molar-refractivity contribution in [2.24, 2.45) is 7.05 Å². The van der Waals surface area contributed by atoms with Crippen molar-refractivity contribution in [3.05, 3.63) is 94.3 Å². The first-order valence-corrected chi connectivity index (χ1v) is 12.4. The van der Waals surface area contributed by atoms with Gasteiger partial charge in [0, 0.05) is 42.8 Å². The lowest BCUT2D eigenvalue weighted by atomic mass is 9.78. The molecule has 9 heteroatoms. The molecule has 0 bridgehead atoms. The summed E-state index contributed by atoms with van der Waals surface area (Å²) in [7, 11) is 3.37. The molecular formula is C29H32N4O5. The van der Waals surface area contributed by atoms with E-state index in [0.29, 0.717) is 41.3 Å². The van der Waals surface area contributed by atoms with E-state index in [1.807, 2.05) is 50.2 Å². The third-order valence-electron chi connectivity index (χ3n) is 6.69. The molecule has 38 heavy (non-hydrogen) atoms. The van der Waals surface area contributed by atoms with Gasteiger partial charge in [0.2, 0.25) is 0 Å². The minimum Gasteiger partial charge on any atom is -0.508 e. The fraction of sp³-hybridized carbons (Fsp3) is 0.310. The molecule has 0 spiro atoms. The number of hydrogen-bond donors (Lipinski definition) is 2. The maximum Gasteiger partial charge on any atom is 0.336 e. The maximum atomic E-state index is 12.9. The lowest BCUT2D eigenvalue weighted by Crippen LogP contribution is -2.31. The minimum absolute atomic E-state index is 0.0296. The molecule has 0 saturated heterocycles. The molecule has 0 unspecified atom stereocenters. The second kappa shape index (κ2) is 11.8. The quantitative estimate of drug-likeness (QED) is 0.484. The Hall–Kier alpha value is -4.40. The van der Waals surface area contributed by atoms with Crippen LogP contribution >= 0.6 is 0 Å². The summed E-state index contributed by atoms with van der Waals surface area (Å²) in [4.78, 5) is 29.6. The van der Waals surface area contributed by atoms with Crippen LogP contribution in [0.4, 0.5) is 0 Å². The van der Waals surface area contributed by atoms with Crippen LogP contribution in [0, 0.1) is 6.92 Å². The number of dihydropyridines is 1. The molecule has 2 aromatic carbocycles. The molecule has 9 nitrogen and oxygen atoms in total. The number of methoxy groups -OCH3 is 1. The normalized spacial score (nSPS) is 16.7. The van der Waals surface area contributed by atoms with Crippen molar-refractivity contribution in [1.82, 2.24) is 20.1 Å². The van der Waals surface area contributed by atoms with Gasteiger partial charge in [-0.1, -0.05) is 30.3 Å². The Labute approximate surface area is 221 Å². The Kier molecular flexibility index (Phi) is 8.25. The van der Waals surface area contributed by atoms with Crippen LogP contribution < -0.4 is 10.1 Å². The minimum atomic E-state index is -0.450. The Bertz CT molecular complexity index is 1390. The Balaban J connectivity index is 0.000000360. The molecule has 2 N–H and O–H groups in total. The molecule has 2 heterocycles. The molecule has 198 valence electrons. The maximum absolute atomic E-state index is 12.9. The van der Waals surface area contributed by atoms with Gasteiger partial charge in [-0.15, -0.1) is 0 Å². The predicted octanol–water partition coefficient (Wildman–Crippen LogP) is 4.24. The van der Waals surface area contributed by atoms with E-state index in [2.05, 4.69) is 15.4 Å². The van der Waals surface area contributed by atoms with Gasteiger partial charge in [0.25, 0.3) is 0 Å². The van der Waals surface area contributed by atoms with Crippen LogP contribution in [0.5, 0.6) is 11.5 Å². The number of phenols is 1. The standard InChI is InChI=1S/C22H24N4O4.C7H8O/c1-13-16(22(28)30-11-21-23-12-24-26(21)2)10-17-18(25-13)8-14(9-19(17)27)15-6-4-5-7-20(15)29-3;1-6-3-2-4-7(8)5-6/h4-7,12,14,25H,8-11H2,1-3H3;2-5,8H,1H3/t14-;/m1./s1. The smallest absolute Gasteiger partial charge is 0.336 e. The van der Waals surface area contributed by atoms with Crippen molar-refractivity contribution in [3.63, 3.8) is 0 Å². The molecule has 3 aromatic rings. The SMILES string of the molecule is COc1ccccc1[C@H]1CC(=O)C2=C(C1)NC(C)=C(C(=O)OCc1ncnn1C)C2.Cc1cccc(O)c1. The van der Waals surface area contributed by atoms with Gasteiger partial charge in [-0.05, 0) is 49.6 Å². The summed E-state index contributed by atoms with van der Waals surface area (Å²) in [5.41, 5.74) is 4.84. The second-order valence-electron chi connectivity index (χ2n) is 9.35. The van der Waals surface area contributed by atoms with Crippen LogP contribution in [0.3, 0.4) is 0 Å². The van der Waals surface area contributed by atoms with E-state index in [0.717, 1.165) is 22.6 Å². The topological polar surface area (TPSA) is 116 Å². The van der Waals surface area contributed by atoms with Gasteiger partial charge in [-0.25, -0.2) is 9.78 Å². The molecule has 0 radical (unpaired) electrons. The predicted molar refractivity (Wildman–Crippen MR) is 141 cm³/mol. The van der Waals surface area contributed by atoms with E-state index in [-0.39, 0.29) is 24.7 Å². The Morgan fingerprint density at radius 1 is 1.16 bits per heavy atom. The number of nitrogens with zero attached hydrogens (tertiary/aromatic N) is 3. The van der Waals surface area contributed by atoms with Crippen LogP contribution in [-0.4, -0.2) is 38.7 Å². The van der Waals surface area contributed by atoms with Crippen molar-refractivity contribution in [2.75, 3.05) is 7.11 Å². The van der Waals surface area contributed by atoms with Gasteiger partial charge in [0.15, 0.2) is 18.2 Å². The fourth-order valence-corrected chi connectivity index (χ4v) is 4.64. The fourth-order valence-electron chi connectivity index (χ4n) is 4.64. The van der Waals surface area contributed by atoms with Gasteiger partial charge in [0.05, 0.1) is 12.7 Å². The summed E-state index contributed by atoms with van der Waals surface area (Å²) >= 11 is 0. The number of hydrogen-bond acceptors (Lipinski definition) is 8. The molecular weight excluding hydrogens is 484 g/mol. The van der Waals surface area contributed by atoms with Crippen molar-refractivity contribution in [3.8, 4) is 11.5 Å². The van der Waals surface area contributed by atoms with Crippen LogP contribution in [0.2, 0.25) is 0 Å². The van der Waals surface area contributed by atoms with Gasteiger partial charge >= 0.3 is 5.97 Å². The monoisotopic (exact) mass is 516 g/mol. The number of allylic oxidation sites excluding steroid dienone is 3. The van der Waals surface area contributed by atoms with Gasteiger partial charge in [-0.2, -0.15) is 5.10 Å². The molecule has 1 aliphatic heterocycles.